The van der Waals surface area contributed by atoms with Crippen LogP contribution in [0.5, 0.6) is 0 Å². The van der Waals surface area contributed by atoms with E-state index in [0.29, 0.717) is 6.54 Å². The first-order valence-corrected chi connectivity index (χ1v) is 9.19. The molecule has 0 spiro atoms. The summed E-state index contributed by atoms with van der Waals surface area (Å²) in [5.41, 5.74) is 2.15. The van der Waals surface area contributed by atoms with Crippen molar-refractivity contribution in [2.24, 2.45) is 0 Å². The lowest BCUT2D eigenvalue weighted by molar-refractivity contribution is 0.121. The van der Waals surface area contributed by atoms with Crippen molar-refractivity contribution in [1.29, 1.82) is 0 Å². The highest BCUT2D eigenvalue weighted by atomic mass is 19.1. The Morgan fingerprint density at radius 1 is 0.963 bits per heavy atom. The SMILES string of the molecule is CN1CCN([C@H](c2ccc(F)cc2)c2nnnn2Cc2ccccc2)CC1. The molecule has 3 aromatic rings. The van der Waals surface area contributed by atoms with E-state index < -0.39 is 0 Å². The summed E-state index contributed by atoms with van der Waals surface area (Å²) < 4.78 is 15.3. The number of nitrogens with zero attached hydrogens (tertiary/aromatic N) is 6. The quantitative estimate of drug-likeness (QED) is 0.693. The molecule has 140 valence electrons. The molecule has 0 bridgehead atoms. The standard InChI is InChI=1S/C20H23FN6/c1-25-11-13-26(14-12-25)19(17-7-9-18(21)10-8-17)20-22-23-24-27(20)15-16-5-3-2-4-6-16/h2-10,19H,11-15H2,1H3/t19-/m1/s1. The molecule has 1 saturated heterocycles. The van der Waals surface area contributed by atoms with Crippen molar-refractivity contribution in [3.8, 4) is 0 Å². The number of halogens is 1. The molecule has 0 N–H and O–H groups in total. The van der Waals surface area contributed by atoms with Crippen molar-refractivity contribution in [1.82, 2.24) is 30.0 Å². The lowest BCUT2D eigenvalue weighted by Crippen LogP contribution is -2.46. The van der Waals surface area contributed by atoms with Crippen LogP contribution in [0.4, 0.5) is 4.39 Å². The maximum absolute atomic E-state index is 13.5. The van der Waals surface area contributed by atoms with Gasteiger partial charge in [-0.3, -0.25) is 4.90 Å². The first-order valence-electron chi connectivity index (χ1n) is 9.19. The molecule has 0 saturated carbocycles. The van der Waals surface area contributed by atoms with Crippen molar-refractivity contribution < 1.29 is 4.39 Å². The fourth-order valence-electron chi connectivity index (χ4n) is 3.52. The minimum absolute atomic E-state index is 0.0991. The molecular formula is C20H23FN6. The van der Waals surface area contributed by atoms with Crippen LogP contribution in [-0.4, -0.2) is 63.2 Å². The minimum Gasteiger partial charge on any atom is -0.304 e. The Kier molecular flexibility index (Phi) is 5.22. The number of aromatic nitrogens is 4. The van der Waals surface area contributed by atoms with E-state index in [1.165, 1.54) is 12.1 Å². The van der Waals surface area contributed by atoms with Gasteiger partial charge < -0.3 is 4.90 Å². The fourth-order valence-corrected chi connectivity index (χ4v) is 3.52. The van der Waals surface area contributed by atoms with Crippen LogP contribution < -0.4 is 0 Å². The zero-order chi connectivity index (χ0) is 18.6. The molecule has 1 atom stereocenters. The molecular weight excluding hydrogens is 343 g/mol. The van der Waals surface area contributed by atoms with Crippen LogP contribution >= 0.6 is 0 Å². The average Bonchev–Trinajstić information content (AvgIpc) is 3.13. The Morgan fingerprint density at radius 2 is 1.67 bits per heavy atom. The molecule has 7 heteroatoms. The van der Waals surface area contributed by atoms with Gasteiger partial charge in [-0.25, -0.2) is 9.07 Å². The summed E-state index contributed by atoms with van der Waals surface area (Å²) in [5.74, 6) is 0.551. The number of rotatable bonds is 5. The Labute approximate surface area is 158 Å². The lowest BCUT2D eigenvalue weighted by Gasteiger charge is -2.37. The van der Waals surface area contributed by atoms with Crippen LogP contribution in [-0.2, 0) is 6.54 Å². The summed E-state index contributed by atoms with van der Waals surface area (Å²) in [6, 6.07) is 16.7. The van der Waals surface area contributed by atoms with E-state index in [-0.39, 0.29) is 11.9 Å². The van der Waals surface area contributed by atoms with Gasteiger partial charge in [-0.15, -0.1) is 5.10 Å². The zero-order valence-corrected chi connectivity index (χ0v) is 15.4. The summed E-state index contributed by atoms with van der Waals surface area (Å²) in [4.78, 5) is 4.69. The Hall–Kier alpha value is -2.64. The number of benzene rings is 2. The van der Waals surface area contributed by atoms with E-state index in [2.05, 4.69) is 44.5 Å². The maximum atomic E-state index is 13.5. The second-order valence-electron chi connectivity index (χ2n) is 6.97. The zero-order valence-electron chi connectivity index (χ0n) is 15.4. The average molecular weight is 366 g/mol. The summed E-state index contributed by atoms with van der Waals surface area (Å²) in [6.45, 7) is 4.40. The van der Waals surface area contributed by atoms with E-state index in [9.17, 15) is 4.39 Å². The van der Waals surface area contributed by atoms with Gasteiger partial charge in [-0.05, 0) is 40.7 Å². The predicted octanol–water partition coefficient (Wildman–Crippen LogP) is 2.20. The van der Waals surface area contributed by atoms with E-state index >= 15 is 0 Å². The third kappa shape index (κ3) is 4.04. The molecule has 1 aliphatic rings. The second kappa shape index (κ2) is 7.94. The topological polar surface area (TPSA) is 50.1 Å². The third-order valence-electron chi connectivity index (χ3n) is 5.07. The lowest BCUT2D eigenvalue weighted by atomic mass is 10.0. The Bertz CT molecular complexity index is 856. The van der Waals surface area contributed by atoms with E-state index in [0.717, 1.165) is 43.1 Å². The molecule has 2 heterocycles. The second-order valence-corrected chi connectivity index (χ2v) is 6.97. The summed E-state index contributed by atoms with van der Waals surface area (Å²) in [5, 5.41) is 12.5. The highest BCUT2D eigenvalue weighted by Gasteiger charge is 2.30. The normalized spacial score (nSPS) is 17.1. The van der Waals surface area contributed by atoms with Gasteiger partial charge in [-0.1, -0.05) is 42.5 Å². The van der Waals surface area contributed by atoms with E-state index in [1.807, 2.05) is 35.0 Å². The van der Waals surface area contributed by atoms with Crippen molar-refractivity contribution in [3.05, 3.63) is 77.4 Å². The third-order valence-corrected chi connectivity index (χ3v) is 5.07. The van der Waals surface area contributed by atoms with Crippen LogP contribution in [0, 0.1) is 5.82 Å². The largest absolute Gasteiger partial charge is 0.304 e. The highest BCUT2D eigenvalue weighted by Crippen LogP contribution is 2.28. The molecule has 4 rings (SSSR count). The van der Waals surface area contributed by atoms with Crippen LogP contribution in [0.3, 0.4) is 0 Å². The number of tetrazole rings is 1. The number of piperazine rings is 1. The monoisotopic (exact) mass is 366 g/mol. The molecule has 0 amide bonds. The van der Waals surface area contributed by atoms with Crippen molar-refractivity contribution >= 4 is 0 Å². The van der Waals surface area contributed by atoms with Crippen molar-refractivity contribution in [3.63, 3.8) is 0 Å². The van der Waals surface area contributed by atoms with Crippen LogP contribution in [0.25, 0.3) is 0 Å². The maximum Gasteiger partial charge on any atom is 0.173 e. The van der Waals surface area contributed by atoms with E-state index in [4.69, 9.17) is 0 Å². The summed E-state index contributed by atoms with van der Waals surface area (Å²) >= 11 is 0. The fraction of sp³-hybridized carbons (Fsp3) is 0.350. The Morgan fingerprint density at radius 3 is 2.37 bits per heavy atom. The molecule has 0 unspecified atom stereocenters. The van der Waals surface area contributed by atoms with Gasteiger partial charge >= 0.3 is 0 Å². The molecule has 0 aliphatic carbocycles. The first kappa shape index (κ1) is 17.8. The van der Waals surface area contributed by atoms with Gasteiger partial charge in [0.15, 0.2) is 5.82 Å². The van der Waals surface area contributed by atoms with Crippen molar-refractivity contribution in [2.75, 3.05) is 33.2 Å². The summed E-state index contributed by atoms with van der Waals surface area (Å²) in [6.07, 6.45) is 0. The molecule has 27 heavy (non-hydrogen) atoms. The first-order chi connectivity index (χ1) is 13.2. The van der Waals surface area contributed by atoms with Gasteiger partial charge in [0.25, 0.3) is 0 Å². The molecule has 1 aliphatic heterocycles. The van der Waals surface area contributed by atoms with Crippen LogP contribution in [0.2, 0.25) is 0 Å². The molecule has 6 nitrogen and oxygen atoms in total. The number of hydrogen-bond donors (Lipinski definition) is 0. The molecule has 2 aromatic carbocycles. The molecule has 1 fully saturated rings. The van der Waals surface area contributed by atoms with E-state index in [1.54, 1.807) is 0 Å². The predicted molar refractivity (Wildman–Crippen MR) is 101 cm³/mol. The molecule has 0 radical (unpaired) electrons. The Balaban J connectivity index is 1.69. The van der Waals surface area contributed by atoms with Gasteiger partial charge in [-0.2, -0.15) is 0 Å². The highest BCUT2D eigenvalue weighted by molar-refractivity contribution is 5.26. The van der Waals surface area contributed by atoms with Gasteiger partial charge in [0.2, 0.25) is 0 Å². The van der Waals surface area contributed by atoms with Crippen LogP contribution in [0.1, 0.15) is 23.0 Å². The van der Waals surface area contributed by atoms with Gasteiger partial charge in [0.05, 0.1) is 12.6 Å². The van der Waals surface area contributed by atoms with Crippen LogP contribution in [0.15, 0.2) is 54.6 Å². The number of hydrogen-bond acceptors (Lipinski definition) is 5. The summed E-state index contributed by atoms with van der Waals surface area (Å²) in [7, 11) is 2.13. The van der Waals surface area contributed by atoms with Gasteiger partial charge in [0.1, 0.15) is 5.82 Å². The number of likely N-dealkylation sites (N-methyl/N-ethyl adjacent to an activating group) is 1. The molecule has 1 aromatic heterocycles. The smallest absolute Gasteiger partial charge is 0.173 e. The van der Waals surface area contributed by atoms with Gasteiger partial charge in [0, 0.05) is 26.2 Å². The minimum atomic E-state index is -0.236. The van der Waals surface area contributed by atoms with Crippen molar-refractivity contribution in [2.45, 2.75) is 12.6 Å².